The van der Waals surface area contributed by atoms with Gasteiger partial charge in [-0.05, 0) is 35.8 Å². The molecular weight excluding hydrogens is 370 g/mol. The summed E-state index contributed by atoms with van der Waals surface area (Å²) in [7, 11) is 0. The van der Waals surface area contributed by atoms with Gasteiger partial charge in [0.15, 0.2) is 10.6 Å². The Kier molecular flexibility index (Phi) is 4.09. The lowest BCUT2D eigenvalue weighted by Crippen LogP contribution is -2.15. The molecule has 7 heteroatoms. The van der Waals surface area contributed by atoms with Crippen LogP contribution in [-0.2, 0) is 0 Å². The summed E-state index contributed by atoms with van der Waals surface area (Å²) in [6.07, 6.45) is 2.06. The molecule has 1 aromatic heterocycles. The van der Waals surface area contributed by atoms with Crippen molar-refractivity contribution in [1.82, 2.24) is 14.8 Å². The van der Waals surface area contributed by atoms with Crippen LogP contribution < -0.4 is 0 Å². The smallest absolute Gasteiger partial charge is 0.200 e. The van der Waals surface area contributed by atoms with Gasteiger partial charge in [-0.25, -0.2) is 0 Å². The molecule has 3 aromatic rings. The van der Waals surface area contributed by atoms with Gasteiger partial charge in [0.1, 0.15) is 11.5 Å². The van der Waals surface area contributed by atoms with Gasteiger partial charge in [-0.2, -0.15) is 5.10 Å². The monoisotopic (exact) mass is 385 g/mol. The molecule has 1 aliphatic rings. The van der Waals surface area contributed by atoms with Crippen molar-refractivity contribution < 1.29 is 10.2 Å². The number of phenolic OH excluding ortho intramolecular Hbond substituents is 2. The van der Waals surface area contributed by atoms with Gasteiger partial charge in [-0.3, -0.25) is 9.67 Å². The molecule has 0 saturated carbocycles. The molecule has 0 fully saturated rings. The fourth-order valence-electron chi connectivity index (χ4n) is 3.28. The van der Waals surface area contributed by atoms with Gasteiger partial charge in [0.25, 0.3) is 0 Å². The lowest BCUT2D eigenvalue weighted by molar-refractivity contribution is 0.451. The number of H-pyrrole nitrogens is 1. The van der Waals surface area contributed by atoms with E-state index in [0.717, 1.165) is 16.8 Å². The molecule has 132 valence electrons. The predicted molar refractivity (Wildman–Crippen MR) is 104 cm³/mol. The highest BCUT2D eigenvalue weighted by molar-refractivity contribution is 7.71. The van der Waals surface area contributed by atoms with E-state index in [2.05, 4.69) is 23.2 Å². The average Bonchev–Trinajstić information content (AvgIpc) is 2.99. The minimum absolute atomic E-state index is 0.0206. The highest BCUT2D eigenvalue weighted by atomic mass is 35.5. The Morgan fingerprint density at radius 3 is 2.69 bits per heavy atom. The molecule has 1 heterocycles. The van der Waals surface area contributed by atoms with Crippen LogP contribution in [0, 0.1) is 10.7 Å². The molecule has 4 rings (SSSR count). The van der Waals surface area contributed by atoms with Crippen LogP contribution in [0.15, 0.2) is 48.5 Å². The SMILES string of the molecule is CC1C=C(n2c(-c3ccc(O)cc3O)n[nH]c2=S)c2ccccc2C1Cl. The number of fused-ring (bicyclic) bond motifs is 1. The minimum Gasteiger partial charge on any atom is -0.508 e. The summed E-state index contributed by atoms with van der Waals surface area (Å²) in [5.41, 5.74) is 3.34. The van der Waals surface area contributed by atoms with E-state index < -0.39 is 0 Å². The average molecular weight is 386 g/mol. The van der Waals surface area contributed by atoms with Crippen LogP contribution in [0.4, 0.5) is 0 Å². The van der Waals surface area contributed by atoms with Crippen molar-refractivity contribution in [2.24, 2.45) is 5.92 Å². The number of phenols is 2. The fourth-order valence-corrected chi connectivity index (χ4v) is 3.78. The molecule has 5 nitrogen and oxygen atoms in total. The number of benzene rings is 2. The molecule has 2 aromatic carbocycles. The molecule has 2 unspecified atom stereocenters. The molecule has 0 bridgehead atoms. The van der Waals surface area contributed by atoms with Crippen molar-refractivity contribution in [3.05, 3.63) is 64.4 Å². The van der Waals surface area contributed by atoms with Crippen LogP contribution in [0.25, 0.3) is 17.1 Å². The Balaban J connectivity index is 1.97. The maximum absolute atomic E-state index is 10.3. The second kappa shape index (κ2) is 6.30. The Hall–Kier alpha value is -2.57. The normalized spacial score (nSPS) is 19.1. The van der Waals surface area contributed by atoms with Gasteiger partial charge in [0.2, 0.25) is 0 Å². The number of hydrogen-bond acceptors (Lipinski definition) is 4. The van der Waals surface area contributed by atoms with E-state index in [1.807, 2.05) is 24.3 Å². The Labute approximate surface area is 160 Å². The molecule has 2 atom stereocenters. The van der Waals surface area contributed by atoms with Gasteiger partial charge in [0, 0.05) is 11.6 Å². The fraction of sp³-hybridized carbons (Fsp3) is 0.158. The topological polar surface area (TPSA) is 74.1 Å². The van der Waals surface area contributed by atoms with E-state index in [4.69, 9.17) is 23.8 Å². The largest absolute Gasteiger partial charge is 0.508 e. The zero-order valence-electron chi connectivity index (χ0n) is 13.8. The Bertz CT molecular complexity index is 1090. The summed E-state index contributed by atoms with van der Waals surface area (Å²) in [6, 6.07) is 12.3. The molecular formula is C19H16ClN3O2S. The molecule has 3 N–H and O–H groups in total. The number of aromatic amines is 1. The zero-order chi connectivity index (χ0) is 18.4. The van der Waals surface area contributed by atoms with Crippen LogP contribution in [0.3, 0.4) is 0 Å². The van der Waals surface area contributed by atoms with Gasteiger partial charge in [0.05, 0.1) is 16.6 Å². The summed E-state index contributed by atoms with van der Waals surface area (Å²) in [5.74, 6) is 0.467. The molecule has 0 spiro atoms. The van der Waals surface area contributed by atoms with Gasteiger partial charge >= 0.3 is 0 Å². The maximum Gasteiger partial charge on any atom is 0.200 e. The maximum atomic E-state index is 10.3. The summed E-state index contributed by atoms with van der Waals surface area (Å²) in [4.78, 5) is 0. The van der Waals surface area contributed by atoms with Crippen molar-refractivity contribution >= 4 is 29.5 Å². The first-order valence-corrected chi connectivity index (χ1v) is 8.97. The van der Waals surface area contributed by atoms with Crippen molar-refractivity contribution in [2.75, 3.05) is 0 Å². The van der Waals surface area contributed by atoms with Crippen molar-refractivity contribution in [1.29, 1.82) is 0 Å². The van der Waals surface area contributed by atoms with E-state index in [1.165, 1.54) is 12.1 Å². The van der Waals surface area contributed by atoms with Crippen LogP contribution >= 0.6 is 23.8 Å². The first-order valence-electron chi connectivity index (χ1n) is 8.12. The van der Waals surface area contributed by atoms with Crippen molar-refractivity contribution in [3.8, 4) is 22.9 Å². The third kappa shape index (κ3) is 2.62. The number of nitrogens with one attached hydrogen (secondary N) is 1. The number of rotatable bonds is 2. The highest BCUT2D eigenvalue weighted by Crippen LogP contribution is 2.42. The standard InChI is InChI=1S/C19H16ClN3O2S/c1-10-8-15(12-4-2-3-5-13(12)17(10)20)23-18(21-22-19(23)26)14-7-6-11(24)9-16(14)25/h2-10,17,24-25H,1H3,(H,22,26). The van der Waals surface area contributed by atoms with Crippen LogP contribution in [-0.4, -0.2) is 25.0 Å². The van der Waals surface area contributed by atoms with E-state index in [1.54, 1.807) is 10.6 Å². The third-order valence-corrected chi connectivity index (χ3v) is 5.46. The third-order valence-electron chi connectivity index (χ3n) is 4.55. The van der Waals surface area contributed by atoms with Crippen LogP contribution in [0.1, 0.15) is 23.4 Å². The minimum atomic E-state index is -0.124. The summed E-state index contributed by atoms with van der Waals surface area (Å²) in [6.45, 7) is 2.05. The summed E-state index contributed by atoms with van der Waals surface area (Å²) in [5, 5.41) is 26.8. The molecule has 26 heavy (non-hydrogen) atoms. The lowest BCUT2D eigenvalue weighted by atomic mass is 9.88. The first kappa shape index (κ1) is 16.9. The number of hydrogen-bond donors (Lipinski definition) is 3. The quantitative estimate of drug-likeness (QED) is 0.436. The van der Waals surface area contributed by atoms with E-state index in [9.17, 15) is 10.2 Å². The van der Waals surface area contributed by atoms with Crippen molar-refractivity contribution in [2.45, 2.75) is 12.3 Å². The van der Waals surface area contributed by atoms with Crippen LogP contribution in [0.2, 0.25) is 0 Å². The van der Waals surface area contributed by atoms with Gasteiger partial charge in [-0.15, -0.1) is 11.6 Å². The number of allylic oxidation sites excluding steroid dienone is 1. The lowest BCUT2D eigenvalue weighted by Gasteiger charge is -2.27. The number of aromatic hydroxyl groups is 2. The van der Waals surface area contributed by atoms with E-state index in [0.29, 0.717) is 16.2 Å². The second-order valence-corrected chi connectivity index (χ2v) is 7.15. The molecule has 1 aliphatic carbocycles. The second-order valence-electron chi connectivity index (χ2n) is 6.29. The number of aromatic nitrogens is 3. The van der Waals surface area contributed by atoms with Crippen LogP contribution in [0.5, 0.6) is 11.5 Å². The molecule has 0 aliphatic heterocycles. The van der Waals surface area contributed by atoms with E-state index >= 15 is 0 Å². The Morgan fingerprint density at radius 1 is 1.15 bits per heavy atom. The van der Waals surface area contributed by atoms with Gasteiger partial charge < -0.3 is 10.2 Å². The first-order chi connectivity index (χ1) is 12.5. The predicted octanol–water partition coefficient (Wildman–Crippen LogP) is 4.84. The molecule has 0 radical (unpaired) electrons. The summed E-state index contributed by atoms with van der Waals surface area (Å²) >= 11 is 12.1. The number of nitrogens with zero attached hydrogens (tertiary/aromatic N) is 2. The van der Waals surface area contributed by atoms with Gasteiger partial charge in [-0.1, -0.05) is 37.3 Å². The zero-order valence-corrected chi connectivity index (χ0v) is 15.4. The number of alkyl halides is 1. The van der Waals surface area contributed by atoms with E-state index in [-0.39, 0.29) is 22.8 Å². The summed E-state index contributed by atoms with van der Waals surface area (Å²) < 4.78 is 2.20. The highest BCUT2D eigenvalue weighted by Gasteiger charge is 2.28. The Morgan fingerprint density at radius 2 is 1.92 bits per heavy atom. The molecule has 0 amide bonds. The van der Waals surface area contributed by atoms with Crippen molar-refractivity contribution in [3.63, 3.8) is 0 Å². The number of halogens is 1. The molecule has 0 saturated heterocycles.